The molecule has 16 heavy (non-hydrogen) atoms. The highest BCUT2D eigenvalue weighted by atomic mass is 35.5. The van der Waals surface area contributed by atoms with Gasteiger partial charge in [0.05, 0.1) is 0 Å². The molecule has 0 radical (unpaired) electrons. The summed E-state index contributed by atoms with van der Waals surface area (Å²) in [5.41, 5.74) is 1.26. The number of aromatic nitrogens is 4. The number of hydrogen-bond acceptors (Lipinski definition) is 3. The van der Waals surface area contributed by atoms with Crippen molar-refractivity contribution in [1.29, 1.82) is 0 Å². The van der Waals surface area contributed by atoms with Crippen LogP contribution in [0.2, 0.25) is 5.02 Å². The number of aromatic amines is 1. The number of hydrogen-bond donors (Lipinski definition) is 1. The quantitative estimate of drug-likeness (QED) is 0.642. The van der Waals surface area contributed by atoms with Crippen LogP contribution in [0.25, 0.3) is 16.8 Å². The predicted molar refractivity (Wildman–Crippen MR) is 60.9 cm³/mol. The molecule has 0 aromatic carbocycles. The molecule has 3 heterocycles. The van der Waals surface area contributed by atoms with E-state index >= 15 is 0 Å². The fourth-order valence-electron chi connectivity index (χ4n) is 1.68. The van der Waals surface area contributed by atoms with E-state index in [1.807, 2.05) is 0 Å². The van der Waals surface area contributed by atoms with E-state index in [0.717, 1.165) is 0 Å². The Labute approximate surface area is 94.7 Å². The van der Waals surface area contributed by atoms with Gasteiger partial charge >= 0.3 is 0 Å². The number of imidazole rings is 1. The van der Waals surface area contributed by atoms with Crippen LogP contribution in [0.1, 0.15) is 5.82 Å². The number of nitrogens with one attached hydrogen (secondary N) is 1. The van der Waals surface area contributed by atoms with Crippen LogP contribution in [-0.2, 0) is 0 Å². The van der Waals surface area contributed by atoms with Gasteiger partial charge in [0.25, 0.3) is 5.56 Å². The van der Waals surface area contributed by atoms with Crippen molar-refractivity contribution in [3.8, 4) is 0 Å². The first-order chi connectivity index (χ1) is 7.65. The maximum Gasteiger partial charge on any atom is 0.279 e. The van der Waals surface area contributed by atoms with Crippen molar-refractivity contribution in [2.75, 3.05) is 0 Å². The molecule has 80 valence electrons. The number of fused-ring (bicyclic) bond motifs is 3. The van der Waals surface area contributed by atoms with Gasteiger partial charge in [0.1, 0.15) is 11.5 Å². The second-order valence-corrected chi connectivity index (χ2v) is 3.94. The maximum absolute atomic E-state index is 11.6. The van der Waals surface area contributed by atoms with Crippen LogP contribution in [0, 0.1) is 6.92 Å². The summed E-state index contributed by atoms with van der Waals surface area (Å²) >= 11 is 5.86. The minimum atomic E-state index is -0.234. The Kier molecular flexibility index (Phi) is 1.79. The first-order valence-electron chi connectivity index (χ1n) is 4.69. The Bertz CT molecular complexity index is 758. The standard InChI is InChI=1S/C10H7ClN4O/c1-5-12-9-8(10(16)13-5)14-7-4-6(11)2-3-15(7)9/h2-4H,1H3,(H,12,13,16). The first kappa shape index (κ1) is 9.35. The molecule has 0 saturated carbocycles. The second-order valence-electron chi connectivity index (χ2n) is 3.51. The largest absolute Gasteiger partial charge is 0.309 e. The van der Waals surface area contributed by atoms with Crippen molar-refractivity contribution in [3.63, 3.8) is 0 Å². The van der Waals surface area contributed by atoms with E-state index in [1.54, 1.807) is 29.7 Å². The van der Waals surface area contributed by atoms with Crippen molar-refractivity contribution >= 4 is 28.4 Å². The van der Waals surface area contributed by atoms with Gasteiger partial charge < -0.3 is 4.98 Å². The van der Waals surface area contributed by atoms with Crippen molar-refractivity contribution in [2.45, 2.75) is 6.92 Å². The van der Waals surface area contributed by atoms with Crippen molar-refractivity contribution in [2.24, 2.45) is 0 Å². The molecule has 0 aliphatic heterocycles. The van der Waals surface area contributed by atoms with Crippen molar-refractivity contribution < 1.29 is 0 Å². The summed E-state index contributed by atoms with van der Waals surface area (Å²) in [7, 11) is 0. The summed E-state index contributed by atoms with van der Waals surface area (Å²) in [6, 6.07) is 3.42. The highest BCUT2D eigenvalue weighted by molar-refractivity contribution is 6.30. The van der Waals surface area contributed by atoms with Gasteiger partial charge in [-0.25, -0.2) is 9.97 Å². The van der Waals surface area contributed by atoms with E-state index in [-0.39, 0.29) is 5.56 Å². The normalized spacial score (nSPS) is 11.4. The van der Waals surface area contributed by atoms with E-state index in [4.69, 9.17) is 11.6 Å². The highest BCUT2D eigenvalue weighted by Crippen LogP contribution is 2.15. The molecule has 0 spiro atoms. The lowest BCUT2D eigenvalue weighted by atomic mass is 10.5. The molecule has 0 bridgehead atoms. The molecule has 0 aliphatic rings. The molecule has 0 unspecified atom stereocenters. The monoisotopic (exact) mass is 234 g/mol. The van der Waals surface area contributed by atoms with Crippen molar-refractivity contribution in [1.82, 2.24) is 19.4 Å². The number of halogens is 1. The van der Waals surface area contributed by atoms with E-state index in [0.29, 0.717) is 27.7 Å². The van der Waals surface area contributed by atoms with Gasteiger partial charge in [-0.3, -0.25) is 9.20 Å². The third kappa shape index (κ3) is 1.22. The summed E-state index contributed by atoms with van der Waals surface area (Å²) in [4.78, 5) is 22.7. The molecule has 1 N–H and O–H groups in total. The molecule has 0 saturated heterocycles. The Hall–Kier alpha value is -1.88. The Morgan fingerprint density at radius 3 is 3.06 bits per heavy atom. The molecule has 5 nitrogen and oxygen atoms in total. The number of nitrogens with zero attached hydrogens (tertiary/aromatic N) is 3. The minimum Gasteiger partial charge on any atom is -0.309 e. The summed E-state index contributed by atoms with van der Waals surface area (Å²) in [5, 5.41) is 0.580. The molecule has 0 atom stereocenters. The van der Waals surface area contributed by atoms with Crippen LogP contribution in [0.15, 0.2) is 23.1 Å². The third-order valence-corrected chi connectivity index (χ3v) is 2.58. The average molecular weight is 235 g/mol. The maximum atomic E-state index is 11.6. The summed E-state index contributed by atoms with van der Waals surface area (Å²) in [6.07, 6.45) is 1.75. The number of pyridine rings is 1. The summed E-state index contributed by atoms with van der Waals surface area (Å²) in [6.45, 7) is 1.73. The number of aryl methyl sites for hydroxylation is 1. The molecule has 6 heteroatoms. The van der Waals surface area contributed by atoms with E-state index in [9.17, 15) is 4.79 Å². The van der Waals surface area contributed by atoms with E-state index in [2.05, 4.69) is 15.0 Å². The molecule has 0 amide bonds. The Balaban J connectivity index is 2.61. The Morgan fingerprint density at radius 2 is 2.25 bits per heavy atom. The predicted octanol–water partition coefficient (Wildman–Crippen LogP) is 1.53. The lowest BCUT2D eigenvalue weighted by Crippen LogP contribution is -2.09. The lowest BCUT2D eigenvalue weighted by molar-refractivity contribution is 1.04. The van der Waals surface area contributed by atoms with E-state index in [1.165, 1.54) is 0 Å². The van der Waals surface area contributed by atoms with Gasteiger partial charge in [-0.05, 0) is 13.0 Å². The number of H-pyrrole nitrogens is 1. The van der Waals surface area contributed by atoms with Gasteiger partial charge in [0, 0.05) is 17.3 Å². The summed E-state index contributed by atoms with van der Waals surface area (Å²) in [5.74, 6) is 0.564. The Morgan fingerprint density at radius 1 is 1.44 bits per heavy atom. The zero-order valence-corrected chi connectivity index (χ0v) is 9.12. The second kappa shape index (κ2) is 3.05. The SMILES string of the molecule is Cc1nc2c(nc3cc(Cl)ccn32)c(=O)[nH]1. The third-order valence-electron chi connectivity index (χ3n) is 2.35. The van der Waals surface area contributed by atoms with Crippen molar-refractivity contribution in [3.05, 3.63) is 39.5 Å². The van der Waals surface area contributed by atoms with E-state index < -0.39 is 0 Å². The van der Waals surface area contributed by atoms with Crippen LogP contribution >= 0.6 is 11.6 Å². The minimum absolute atomic E-state index is 0.234. The fourth-order valence-corrected chi connectivity index (χ4v) is 1.83. The van der Waals surface area contributed by atoms with Gasteiger partial charge in [-0.1, -0.05) is 11.6 Å². The van der Waals surface area contributed by atoms with Crippen LogP contribution < -0.4 is 5.56 Å². The van der Waals surface area contributed by atoms with Gasteiger partial charge in [-0.2, -0.15) is 0 Å². The lowest BCUT2D eigenvalue weighted by Gasteiger charge is -1.95. The molecular weight excluding hydrogens is 228 g/mol. The van der Waals surface area contributed by atoms with Crippen LogP contribution in [0.5, 0.6) is 0 Å². The highest BCUT2D eigenvalue weighted by Gasteiger charge is 2.09. The molecule has 3 rings (SSSR count). The van der Waals surface area contributed by atoms with Crippen LogP contribution in [-0.4, -0.2) is 19.4 Å². The number of rotatable bonds is 0. The van der Waals surface area contributed by atoms with Crippen LogP contribution in [0.3, 0.4) is 0 Å². The molecule has 3 aromatic heterocycles. The zero-order chi connectivity index (χ0) is 11.3. The fraction of sp³-hybridized carbons (Fsp3) is 0.100. The first-order valence-corrected chi connectivity index (χ1v) is 5.07. The topological polar surface area (TPSA) is 63.1 Å². The zero-order valence-electron chi connectivity index (χ0n) is 8.36. The molecule has 0 fully saturated rings. The van der Waals surface area contributed by atoms with Crippen LogP contribution in [0.4, 0.5) is 0 Å². The molecular formula is C10H7ClN4O. The van der Waals surface area contributed by atoms with Gasteiger partial charge in [0.2, 0.25) is 0 Å². The van der Waals surface area contributed by atoms with Gasteiger partial charge in [-0.15, -0.1) is 0 Å². The average Bonchev–Trinajstić information content (AvgIpc) is 2.56. The molecule has 0 aliphatic carbocycles. The smallest absolute Gasteiger partial charge is 0.279 e. The molecule has 3 aromatic rings. The summed E-state index contributed by atoms with van der Waals surface area (Å²) < 4.78 is 1.74. The van der Waals surface area contributed by atoms with Gasteiger partial charge in [0.15, 0.2) is 11.2 Å².